The lowest BCUT2D eigenvalue weighted by Crippen LogP contribution is -2.38. The van der Waals surface area contributed by atoms with Crippen molar-refractivity contribution < 1.29 is 14.7 Å². The van der Waals surface area contributed by atoms with Crippen LogP contribution in [-0.2, 0) is 9.59 Å². The Balaban J connectivity index is 1.85. The molecule has 1 unspecified atom stereocenters. The monoisotopic (exact) mass is 254 g/mol. The number of hydrogen-bond acceptors (Lipinski definition) is 5. The lowest BCUT2D eigenvalue weighted by atomic mass is 10.3. The fourth-order valence-electron chi connectivity index (χ4n) is 1.72. The first-order chi connectivity index (χ1) is 8.15. The number of rotatable bonds is 3. The van der Waals surface area contributed by atoms with E-state index >= 15 is 0 Å². The minimum Gasteiger partial charge on any atom is -0.481 e. The Morgan fingerprint density at radius 2 is 2.29 bits per heavy atom. The van der Waals surface area contributed by atoms with E-state index in [9.17, 15) is 9.59 Å². The maximum atomic E-state index is 11.7. The maximum absolute atomic E-state index is 11.7. The van der Waals surface area contributed by atoms with Gasteiger partial charge in [-0.15, -0.1) is 10.2 Å². The molecule has 1 aliphatic heterocycles. The summed E-state index contributed by atoms with van der Waals surface area (Å²) in [6, 6.07) is 0. The van der Waals surface area contributed by atoms with Gasteiger partial charge in [0.2, 0.25) is 5.16 Å². The molecule has 0 radical (unpaired) electrons. The molecule has 1 atom stereocenters. The van der Waals surface area contributed by atoms with Gasteiger partial charge in [0.1, 0.15) is 5.25 Å². The summed E-state index contributed by atoms with van der Waals surface area (Å²) in [6.07, 6.45) is 1.93. The quantitative estimate of drug-likeness (QED) is 0.798. The minimum atomic E-state index is -0.993. The second kappa shape index (κ2) is 3.73. The Morgan fingerprint density at radius 1 is 1.53 bits per heavy atom. The Kier molecular flexibility index (Phi) is 2.32. The number of amides is 1. The van der Waals surface area contributed by atoms with Gasteiger partial charge in [-0.25, -0.2) is 4.68 Å². The first-order valence-electron chi connectivity index (χ1n) is 5.30. The number of thioether (sulfide) groups is 1. The molecule has 1 amide bonds. The van der Waals surface area contributed by atoms with Crippen LogP contribution in [0.3, 0.4) is 0 Å². The summed E-state index contributed by atoms with van der Waals surface area (Å²) in [7, 11) is 0. The molecule has 2 N–H and O–H groups in total. The molecule has 1 aromatic rings. The van der Waals surface area contributed by atoms with Crippen LogP contribution in [0.15, 0.2) is 5.16 Å². The molecule has 8 heteroatoms. The average molecular weight is 254 g/mol. The second-order valence-electron chi connectivity index (χ2n) is 4.13. The molecule has 0 saturated heterocycles. The molecule has 2 heterocycles. The number of aliphatic carboxylic acids is 1. The van der Waals surface area contributed by atoms with Gasteiger partial charge in [0, 0.05) is 5.92 Å². The molecule has 1 aliphatic carbocycles. The van der Waals surface area contributed by atoms with Crippen molar-refractivity contribution in [2.24, 2.45) is 0 Å². The number of nitrogens with zero attached hydrogens (tertiary/aromatic N) is 3. The van der Waals surface area contributed by atoms with Gasteiger partial charge in [-0.05, 0) is 12.8 Å². The number of carbonyl (C=O) groups is 2. The maximum Gasteiger partial charge on any atom is 0.305 e. The smallest absolute Gasteiger partial charge is 0.305 e. The largest absolute Gasteiger partial charge is 0.481 e. The van der Waals surface area contributed by atoms with Crippen molar-refractivity contribution in [3.63, 3.8) is 0 Å². The normalized spacial score (nSPS) is 23.1. The Bertz CT molecular complexity index is 496. The van der Waals surface area contributed by atoms with Gasteiger partial charge in [0.05, 0.1) is 6.42 Å². The van der Waals surface area contributed by atoms with E-state index in [0.717, 1.165) is 30.4 Å². The van der Waals surface area contributed by atoms with E-state index in [0.29, 0.717) is 11.1 Å². The van der Waals surface area contributed by atoms with Crippen molar-refractivity contribution >= 4 is 23.6 Å². The van der Waals surface area contributed by atoms with Crippen molar-refractivity contribution in [1.29, 1.82) is 0 Å². The van der Waals surface area contributed by atoms with Crippen LogP contribution in [0.25, 0.3) is 0 Å². The predicted molar refractivity (Wildman–Crippen MR) is 58.3 cm³/mol. The number of nitrogens with one attached hydrogen (secondary N) is 1. The number of carboxylic acid groups (broad SMARTS) is 1. The van der Waals surface area contributed by atoms with Crippen LogP contribution in [0, 0.1) is 0 Å². The Labute approximate surface area is 101 Å². The third-order valence-electron chi connectivity index (χ3n) is 2.72. The topological polar surface area (TPSA) is 97.1 Å². The molecule has 17 heavy (non-hydrogen) atoms. The molecule has 2 aliphatic rings. The van der Waals surface area contributed by atoms with Crippen LogP contribution in [0.4, 0.5) is 0 Å². The average Bonchev–Trinajstić information content (AvgIpc) is 3.02. The molecule has 7 nitrogen and oxygen atoms in total. The van der Waals surface area contributed by atoms with Crippen molar-refractivity contribution in [2.45, 2.75) is 35.6 Å². The summed E-state index contributed by atoms with van der Waals surface area (Å²) in [4.78, 5) is 22.3. The third-order valence-corrected chi connectivity index (χ3v) is 3.86. The molecule has 0 aromatic carbocycles. The van der Waals surface area contributed by atoms with Gasteiger partial charge in [-0.1, -0.05) is 11.8 Å². The van der Waals surface area contributed by atoms with Crippen molar-refractivity contribution in [2.75, 3.05) is 5.43 Å². The lowest BCUT2D eigenvalue weighted by molar-refractivity contribution is -0.138. The summed E-state index contributed by atoms with van der Waals surface area (Å²) in [5, 5.41) is 16.7. The third kappa shape index (κ3) is 1.88. The van der Waals surface area contributed by atoms with E-state index in [1.54, 1.807) is 4.68 Å². The molecule has 3 rings (SSSR count). The van der Waals surface area contributed by atoms with Crippen LogP contribution in [0.1, 0.15) is 31.0 Å². The van der Waals surface area contributed by atoms with Gasteiger partial charge in [-0.2, -0.15) is 0 Å². The Morgan fingerprint density at radius 3 is 2.94 bits per heavy atom. The van der Waals surface area contributed by atoms with Gasteiger partial charge in [0.25, 0.3) is 5.91 Å². The molecule has 1 aromatic heterocycles. The SMILES string of the molecule is O=C(O)CC1Sc2nnc(C3CC3)n2NC1=O. The zero-order valence-electron chi connectivity index (χ0n) is 8.79. The van der Waals surface area contributed by atoms with Crippen molar-refractivity contribution in [3.05, 3.63) is 5.82 Å². The fourth-order valence-corrected chi connectivity index (χ4v) is 2.70. The molecule has 90 valence electrons. The zero-order valence-corrected chi connectivity index (χ0v) is 9.61. The number of fused-ring (bicyclic) bond motifs is 1. The van der Waals surface area contributed by atoms with Gasteiger partial charge in [-0.3, -0.25) is 15.0 Å². The summed E-state index contributed by atoms with van der Waals surface area (Å²) in [6.45, 7) is 0. The first kappa shape index (κ1) is 10.6. The molecular formula is C9H10N4O3S. The van der Waals surface area contributed by atoms with E-state index in [1.165, 1.54) is 0 Å². The van der Waals surface area contributed by atoms with Crippen LogP contribution in [0.2, 0.25) is 0 Å². The second-order valence-corrected chi connectivity index (χ2v) is 5.30. The number of hydrogen-bond donors (Lipinski definition) is 2. The summed E-state index contributed by atoms with van der Waals surface area (Å²) < 4.78 is 1.59. The molecule has 0 spiro atoms. The highest BCUT2D eigenvalue weighted by Crippen LogP contribution is 2.40. The van der Waals surface area contributed by atoms with Gasteiger partial charge in [0.15, 0.2) is 5.82 Å². The number of carboxylic acids is 1. The molecule has 1 fully saturated rings. The standard InChI is InChI=1S/C9H10N4O3S/c14-6(15)3-5-8(16)12-13-7(4-1-2-4)10-11-9(13)17-5/h4-5H,1-3H2,(H,12,16)(H,14,15). The van der Waals surface area contributed by atoms with Crippen LogP contribution in [-0.4, -0.2) is 37.1 Å². The fraction of sp³-hybridized carbons (Fsp3) is 0.556. The van der Waals surface area contributed by atoms with E-state index in [4.69, 9.17) is 5.11 Å². The zero-order chi connectivity index (χ0) is 12.0. The van der Waals surface area contributed by atoms with Gasteiger partial charge < -0.3 is 5.11 Å². The highest BCUT2D eigenvalue weighted by Gasteiger charge is 2.36. The summed E-state index contributed by atoms with van der Waals surface area (Å²) in [5.74, 6) is -0.137. The number of carbonyl (C=O) groups excluding carboxylic acids is 1. The van der Waals surface area contributed by atoms with Crippen molar-refractivity contribution in [1.82, 2.24) is 14.9 Å². The van der Waals surface area contributed by atoms with Crippen molar-refractivity contribution in [3.8, 4) is 0 Å². The lowest BCUT2D eigenvalue weighted by Gasteiger charge is -2.21. The van der Waals surface area contributed by atoms with Gasteiger partial charge >= 0.3 is 5.97 Å². The first-order valence-corrected chi connectivity index (χ1v) is 6.18. The van der Waals surface area contributed by atoms with E-state index < -0.39 is 11.2 Å². The highest BCUT2D eigenvalue weighted by atomic mass is 32.2. The van der Waals surface area contributed by atoms with Crippen LogP contribution >= 0.6 is 11.8 Å². The minimum absolute atomic E-state index is 0.206. The van der Waals surface area contributed by atoms with E-state index in [2.05, 4.69) is 15.6 Å². The predicted octanol–water partition coefficient (Wildman–Crippen LogP) is 0.175. The van der Waals surface area contributed by atoms with Crippen LogP contribution < -0.4 is 5.43 Å². The summed E-state index contributed by atoms with van der Waals surface area (Å²) in [5.41, 5.74) is 2.65. The Hall–Kier alpha value is -1.57. The van der Waals surface area contributed by atoms with E-state index in [-0.39, 0.29) is 12.3 Å². The van der Waals surface area contributed by atoms with Crippen LogP contribution in [0.5, 0.6) is 0 Å². The number of aromatic nitrogens is 3. The molecule has 0 bridgehead atoms. The highest BCUT2D eigenvalue weighted by molar-refractivity contribution is 8.00. The molecular weight excluding hydrogens is 244 g/mol. The molecule has 1 saturated carbocycles. The summed E-state index contributed by atoms with van der Waals surface area (Å²) >= 11 is 1.16. The van der Waals surface area contributed by atoms with E-state index in [1.807, 2.05) is 0 Å².